The summed E-state index contributed by atoms with van der Waals surface area (Å²) < 4.78 is 5.60. The van der Waals surface area contributed by atoms with Crippen LogP contribution < -0.4 is 16.0 Å². The van der Waals surface area contributed by atoms with Crippen LogP contribution in [0.2, 0.25) is 0 Å². The Hall–Kier alpha value is -2.36. The molecule has 2 atom stereocenters. The third-order valence-electron chi connectivity index (χ3n) is 5.79. The van der Waals surface area contributed by atoms with E-state index in [0.29, 0.717) is 23.9 Å². The number of carbonyl (C=O) groups excluding carboxylic acids is 2. The van der Waals surface area contributed by atoms with E-state index >= 15 is 0 Å². The summed E-state index contributed by atoms with van der Waals surface area (Å²) >= 11 is 3.05. The van der Waals surface area contributed by atoms with E-state index in [2.05, 4.69) is 10.2 Å². The summed E-state index contributed by atoms with van der Waals surface area (Å²) in [5.41, 5.74) is 10.2. The highest BCUT2D eigenvalue weighted by atomic mass is 32.2. The highest BCUT2D eigenvalue weighted by molar-refractivity contribution is 8.05. The Morgan fingerprint density at radius 2 is 2.23 bits per heavy atom. The van der Waals surface area contributed by atoms with Crippen LogP contribution in [0.4, 0.5) is 10.8 Å². The minimum atomic E-state index is -0.402. The lowest BCUT2D eigenvalue weighted by molar-refractivity contribution is -0.116. The minimum absolute atomic E-state index is 0.0347. The summed E-state index contributed by atoms with van der Waals surface area (Å²) in [6.07, 6.45) is 2.20. The van der Waals surface area contributed by atoms with Gasteiger partial charge in [0.1, 0.15) is 0 Å². The number of aromatic nitrogens is 1. The average Bonchev–Trinajstić information content (AvgIpc) is 3.46. The number of aryl methyl sites for hydroxylation is 1. The summed E-state index contributed by atoms with van der Waals surface area (Å²) in [7, 11) is 0. The molecule has 1 aromatic carbocycles. The number of benzene rings is 1. The molecule has 3 aliphatic rings. The Morgan fingerprint density at radius 3 is 3.00 bits per heavy atom. The second-order valence-corrected chi connectivity index (χ2v) is 9.65. The van der Waals surface area contributed by atoms with Crippen molar-refractivity contribution in [1.82, 2.24) is 4.98 Å². The normalized spacial score (nSPS) is 23.6. The van der Waals surface area contributed by atoms with Gasteiger partial charge in [-0.25, -0.2) is 4.98 Å². The molecule has 1 saturated heterocycles. The Labute approximate surface area is 182 Å². The van der Waals surface area contributed by atoms with Gasteiger partial charge in [0.05, 0.1) is 28.3 Å². The zero-order valence-corrected chi connectivity index (χ0v) is 18.1. The molecular formula is C21H22N4O3S2. The fourth-order valence-electron chi connectivity index (χ4n) is 4.25. The van der Waals surface area contributed by atoms with Crippen LogP contribution >= 0.6 is 23.1 Å². The van der Waals surface area contributed by atoms with Crippen LogP contribution in [-0.2, 0) is 20.7 Å². The van der Waals surface area contributed by atoms with Gasteiger partial charge in [-0.05, 0) is 25.3 Å². The predicted octanol–water partition coefficient (Wildman–Crippen LogP) is 3.33. The highest BCUT2D eigenvalue weighted by Crippen LogP contribution is 2.47. The van der Waals surface area contributed by atoms with E-state index < -0.39 is 5.91 Å². The quantitative estimate of drug-likeness (QED) is 0.754. The molecule has 3 aliphatic heterocycles. The number of fused-ring (bicyclic) bond motifs is 1. The second-order valence-electron chi connectivity index (χ2n) is 7.68. The zero-order valence-electron chi connectivity index (χ0n) is 16.5. The summed E-state index contributed by atoms with van der Waals surface area (Å²) in [4.78, 5) is 31.6. The SMILES string of the molecule is CC1=C(C(N)=O)SC(C2CCOC2)N1c1nc(-c2cccc3c2NC(=O)CC3)cs1. The molecule has 0 spiro atoms. The van der Waals surface area contributed by atoms with Crippen LogP contribution in [0, 0.1) is 5.92 Å². The lowest BCUT2D eigenvalue weighted by atomic mass is 9.98. The Bertz CT molecular complexity index is 1060. The van der Waals surface area contributed by atoms with Gasteiger partial charge in [-0.15, -0.1) is 11.3 Å². The van der Waals surface area contributed by atoms with Gasteiger partial charge in [-0.3, -0.25) is 9.59 Å². The van der Waals surface area contributed by atoms with E-state index in [0.717, 1.165) is 52.8 Å². The largest absolute Gasteiger partial charge is 0.381 e. The molecule has 7 nitrogen and oxygen atoms in total. The van der Waals surface area contributed by atoms with Crippen molar-refractivity contribution in [2.45, 2.75) is 31.6 Å². The molecule has 0 aliphatic carbocycles. The number of nitrogens with zero attached hydrogens (tertiary/aromatic N) is 2. The first-order valence-electron chi connectivity index (χ1n) is 9.95. The van der Waals surface area contributed by atoms with Gasteiger partial charge >= 0.3 is 0 Å². The molecule has 2 amide bonds. The van der Waals surface area contributed by atoms with Gasteiger partial charge in [0, 0.05) is 35.6 Å². The summed E-state index contributed by atoms with van der Waals surface area (Å²) in [6.45, 7) is 3.33. The smallest absolute Gasteiger partial charge is 0.256 e. The number of hydrogen-bond acceptors (Lipinski definition) is 7. The van der Waals surface area contributed by atoms with Crippen molar-refractivity contribution in [3.63, 3.8) is 0 Å². The molecule has 0 bridgehead atoms. The number of nitrogens with two attached hydrogens (primary N) is 1. The molecule has 2 unspecified atom stereocenters. The molecule has 156 valence electrons. The number of carbonyl (C=O) groups is 2. The fraction of sp³-hybridized carbons (Fsp3) is 0.381. The van der Waals surface area contributed by atoms with Crippen LogP contribution in [-0.4, -0.2) is 35.4 Å². The number of allylic oxidation sites excluding steroid dienone is 1. The highest BCUT2D eigenvalue weighted by Gasteiger charge is 2.41. The second kappa shape index (κ2) is 7.72. The van der Waals surface area contributed by atoms with Gasteiger partial charge in [-0.2, -0.15) is 0 Å². The molecular weight excluding hydrogens is 420 g/mol. The van der Waals surface area contributed by atoms with E-state index in [4.69, 9.17) is 15.5 Å². The molecule has 1 aromatic heterocycles. The number of thiazole rings is 1. The fourth-order valence-corrected chi connectivity index (χ4v) is 6.63. The predicted molar refractivity (Wildman–Crippen MR) is 119 cm³/mol. The third kappa shape index (κ3) is 3.30. The first-order chi connectivity index (χ1) is 14.5. The molecule has 5 rings (SSSR count). The molecule has 1 fully saturated rings. The van der Waals surface area contributed by atoms with Crippen molar-refractivity contribution >= 4 is 45.7 Å². The van der Waals surface area contributed by atoms with E-state index in [1.54, 1.807) is 0 Å². The van der Waals surface area contributed by atoms with Crippen molar-refractivity contribution < 1.29 is 14.3 Å². The summed E-state index contributed by atoms with van der Waals surface area (Å²) in [5.74, 6) is -0.0639. The van der Waals surface area contributed by atoms with Crippen molar-refractivity contribution in [3.05, 3.63) is 39.7 Å². The maximum Gasteiger partial charge on any atom is 0.256 e. The molecule has 3 N–H and O–H groups in total. The molecule has 0 radical (unpaired) electrons. The van der Waals surface area contributed by atoms with Crippen LogP contribution in [0.1, 0.15) is 25.3 Å². The Morgan fingerprint density at radius 1 is 1.37 bits per heavy atom. The van der Waals surface area contributed by atoms with Gasteiger partial charge < -0.3 is 20.7 Å². The lowest BCUT2D eigenvalue weighted by Gasteiger charge is -2.28. The number of ether oxygens (including phenoxy) is 1. The molecule has 9 heteroatoms. The van der Waals surface area contributed by atoms with Gasteiger partial charge in [0.2, 0.25) is 5.91 Å². The van der Waals surface area contributed by atoms with Crippen LogP contribution in [0.25, 0.3) is 11.3 Å². The van der Waals surface area contributed by atoms with Crippen LogP contribution in [0.15, 0.2) is 34.2 Å². The maximum atomic E-state index is 12.0. The number of hydrogen-bond donors (Lipinski definition) is 2. The Kier molecular flexibility index (Phi) is 5.04. The molecule has 0 saturated carbocycles. The van der Waals surface area contributed by atoms with E-state index in [1.165, 1.54) is 23.1 Å². The first kappa shape index (κ1) is 19.6. The van der Waals surface area contributed by atoms with Crippen LogP contribution in [0.5, 0.6) is 0 Å². The third-order valence-corrected chi connectivity index (χ3v) is 8.20. The van der Waals surface area contributed by atoms with Gasteiger partial charge in [0.15, 0.2) is 5.13 Å². The first-order valence-corrected chi connectivity index (χ1v) is 11.7. The van der Waals surface area contributed by atoms with Crippen molar-refractivity contribution in [3.8, 4) is 11.3 Å². The van der Waals surface area contributed by atoms with Crippen molar-refractivity contribution in [2.75, 3.05) is 23.4 Å². The van der Waals surface area contributed by atoms with Crippen molar-refractivity contribution in [1.29, 1.82) is 0 Å². The van der Waals surface area contributed by atoms with E-state index in [-0.39, 0.29) is 11.3 Å². The minimum Gasteiger partial charge on any atom is -0.381 e. The number of rotatable bonds is 4. The topological polar surface area (TPSA) is 97.6 Å². The molecule has 30 heavy (non-hydrogen) atoms. The number of amides is 2. The molecule has 2 aromatic rings. The summed E-state index contributed by atoms with van der Waals surface area (Å²) in [5, 5.41) is 5.88. The lowest BCUT2D eigenvalue weighted by Crippen LogP contribution is -2.34. The van der Waals surface area contributed by atoms with Crippen molar-refractivity contribution in [2.24, 2.45) is 11.7 Å². The maximum absolute atomic E-state index is 12.0. The van der Waals surface area contributed by atoms with E-state index in [1.807, 2.05) is 30.5 Å². The number of para-hydroxylation sites is 1. The Balaban J connectivity index is 1.53. The molecule has 4 heterocycles. The van der Waals surface area contributed by atoms with E-state index in [9.17, 15) is 9.59 Å². The number of thioether (sulfide) groups is 1. The van der Waals surface area contributed by atoms with Crippen LogP contribution in [0.3, 0.4) is 0 Å². The number of nitrogens with one attached hydrogen (secondary N) is 1. The standard InChI is InChI=1S/C21H22N4O3S2/c1-11-18(19(22)27)30-20(13-7-8-28-9-13)25(11)21-23-15(10-29-21)14-4-2-3-12-5-6-16(26)24-17(12)14/h2-4,10,13,20H,5-9H2,1H3,(H2,22,27)(H,24,26). The number of primary amides is 1. The zero-order chi connectivity index (χ0) is 20.8. The number of anilines is 2. The van der Waals surface area contributed by atoms with Gasteiger partial charge in [0.25, 0.3) is 5.91 Å². The average molecular weight is 443 g/mol. The summed E-state index contributed by atoms with van der Waals surface area (Å²) in [6, 6.07) is 6.04. The van der Waals surface area contributed by atoms with Gasteiger partial charge in [-0.1, -0.05) is 30.0 Å². The monoisotopic (exact) mass is 442 g/mol.